The van der Waals surface area contributed by atoms with Crippen LogP contribution in [0.4, 0.5) is 0 Å². The highest BCUT2D eigenvalue weighted by Gasteiger charge is 2.10. The van der Waals surface area contributed by atoms with Crippen LogP contribution in [-0.2, 0) is 17.6 Å². The monoisotopic (exact) mass is 220 g/mol. The van der Waals surface area contributed by atoms with Gasteiger partial charge in [0.25, 0.3) is 0 Å². The molecule has 0 bridgehead atoms. The maximum atomic E-state index is 10.8. The molecule has 0 saturated carbocycles. The summed E-state index contributed by atoms with van der Waals surface area (Å²) in [4.78, 5) is 10.8. The summed E-state index contributed by atoms with van der Waals surface area (Å²) >= 11 is 0. The quantitative estimate of drug-likeness (QED) is 0.826. The summed E-state index contributed by atoms with van der Waals surface area (Å²) in [7, 11) is 0. The number of benzene rings is 1. The molecule has 0 aliphatic carbocycles. The van der Waals surface area contributed by atoms with Gasteiger partial charge in [0.15, 0.2) is 0 Å². The molecule has 16 heavy (non-hydrogen) atoms. The van der Waals surface area contributed by atoms with Crippen molar-refractivity contribution in [1.82, 2.24) is 0 Å². The number of hydrogen-bond donors (Lipinski definition) is 1. The number of hydrogen-bond acceptors (Lipinski definition) is 1. The van der Waals surface area contributed by atoms with Crippen LogP contribution in [0, 0.1) is 13.8 Å². The number of rotatable bonds is 5. The van der Waals surface area contributed by atoms with Crippen molar-refractivity contribution in [3.8, 4) is 0 Å². The summed E-state index contributed by atoms with van der Waals surface area (Å²) < 4.78 is 0. The van der Waals surface area contributed by atoms with E-state index in [0.717, 1.165) is 29.5 Å². The molecule has 0 aromatic heterocycles. The molecule has 1 N–H and O–H groups in total. The van der Waals surface area contributed by atoms with Gasteiger partial charge in [-0.15, -0.1) is 0 Å². The first-order chi connectivity index (χ1) is 7.56. The minimum atomic E-state index is -0.751. The Kier molecular flexibility index (Phi) is 4.53. The number of aliphatic carboxylic acids is 1. The van der Waals surface area contributed by atoms with E-state index in [1.54, 1.807) is 0 Å². The van der Waals surface area contributed by atoms with Crippen LogP contribution in [0.15, 0.2) is 12.1 Å². The molecule has 2 nitrogen and oxygen atoms in total. The van der Waals surface area contributed by atoms with Crippen molar-refractivity contribution in [2.45, 2.75) is 46.5 Å². The average molecular weight is 220 g/mol. The summed E-state index contributed by atoms with van der Waals surface area (Å²) in [6.45, 7) is 6.19. The Balaban J connectivity index is 3.01. The molecule has 0 amide bonds. The summed E-state index contributed by atoms with van der Waals surface area (Å²) in [5.41, 5.74) is 4.53. The van der Waals surface area contributed by atoms with Crippen LogP contribution >= 0.6 is 0 Å². The molecule has 0 unspecified atom stereocenters. The molecule has 1 aromatic carbocycles. The number of aryl methyl sites for hydroxylation is 2. The van der Waals surface area contributed by atoms with Crippen molar-refractivity contribution in [3.05, 3.63) is 34.4 Å². The molecule has 0 spiro atoms. The first kappa shape index (κ1) is 12.8. The third-order valence-electron chi connectivity index (χ3n) is 3.07. The maximum absolute atomic E-state index is 10.8. The van der Waals surface area contributed by atoms with Crippen LogP contribution in [-0.4, -0.2) is 11.1 Å². The Morgan fingerprint density at radius 3 is 2.56 bits per heavy atom. The fourth-order valence-electron chi connectivity index (χ4n) is 2.00. The highest BCUT2D eigenvalue weighted by molar-refractivity contribution is 5.71. The summed E-state index contributed by atoms with van der Waals surface area (Å²) in [5.74, 6) is -0.751. The lowest BCUT2D eigenvalue weighted by molar-refractivity contribution is -0.136. The fraction of sp³-hybridized carbons (Fsp3) is 0.500. The second-order valence-corrected chi connectivity index (χ2v) is 4.32. The molecule has 0 aliphatic heterocycles. The minimum absolute atomic E-state index is 0.137. The SMILES string of the molecule is CCCCc1ccc(C)c(CC(=O)O)c1C. The molecule has 0 fully saturated rings. The molecule has 0 aliphatic rings. The van der Waals surface area contributed by atoms with E-state index in [4.69, 9.17) is 5.11 Å². The van der Waals surface area contributed by atoms with Crippen molar-refractivity contribution < 1.29 is 9.90 Å². The van der Waals surface area contributed by atoms with Crippen LogP contribution in [0.5, 0.6) is 0 Å². The number of carbonyl (C=O) groups is 1. The first-order valence-electron chi connectivity index (χ1n) is 5.86. The van der Waals surface area contributed by atoms with Gasteiger partial charge in [-0.05, 0) is 48.9 Å². The number of carboxylic acids is 1. The zero-order valence-electron chi connectivity index (χ0n) is 10.3. The van der Waals surface area contributed by atoms with Crippen LogP contribution in [0.2, 0.25) is 0 Å². The summed E-state index contributed by atoms with van der Waals surface area (Å²) in [6.07, 6.45) is 3.52. The van der Waals surface area contributed by atoms with Crippen molar-refractivity contribution in [3.63, 3.8) is 0 Å². The summed E-state index contributed by atoms with van der Waals surface area (Å²) in [6, 6.07) is 4.17. The van der Waals surface area contributed by atoms with Gasteiger partial charge in [-0.1, -0.05) is 25.5 Å². The molecule has 0 heterocycles. The van der Waals surface area contributed by atoms with E-state index in [1.807, 2.05) is 19.9 Å². The smallest absolute Gasteiger partial charge is 0.307 e. The van der Waals surface area contributed by atoms with E-state index in [-0.39, 0.29) is 6.42 Å². The van der Waals surface area contributed by atoms with E-state index in [1.165, 1.54) is 12.0 Å². The minimum Gasteiger partial charge on any atom is -0.481 e. The largest absolute Gasteiger partial charge is 0.481 e. The Bertz CT molecular complexity index is 381. The fourth-order valence-corrected chi connectivity index (χ4v) is 2.00. The lowest BCUT2D eigenvalue weighted by atomic mass is 9.93. The maximum Gasteiger partial charge on any atom is 0.307 e. The molecule has 1 aromatic rings. The third-order valence-corrected chi connectivity index (χ3v) is 3.07. The molecule has 0 saturated heterocycles. The molecule has 2 heteroatoms. The second-order valence-electron chi connectivity index (χ2n) is 4.32. The topological polar surface area (TPSA) is 37.3 Å². The standard InChI is InChI=1S/C14H20O2/c1-4-5-6-12-8-7-10(2)13(11(12)3)9-14(15)16/h7-8H,4-6,9H2,1-3H3,(H,15,16). The van der Waals surface area contributed by atoms with Gasteiger partial charge in [0, 0.05) is 0 Å². The molecule has 0 radical (unpaired) electrons. The molecular formula is C14H20O2. The van der Waals surface area contributed by atoms with Crippen LogP contribution < -0.4 is 0 Å². The number of unbranched alkanes of at least 4 members (excludes halogenated alkanes) is 1. The van der Waals surface area contributed by atoms with Crippen molar-refractivity contribution in [2.24, 2.45) is 0 Å². The van der Waals surface area contributed by atoms with Gasteiger partial charge in [-0.3, -0.25) is 4.79 Å². The van der Waals surface area contributed by atoms with E-state index < -0.39 is 5.97 Å². The van der Waals surface area contributed by atoms with Crippen molar-refractivity contribution in [1.29, 1.82) is 0 Å². The van der Waals surface area contributed by atoms with Gasteiger partial charge < -0.3 is 5.11 Å². The second kappa shape index (κ2) is 5.69. The van der Waals surface area contributed by atoms with Gasteiger partial charge in [0.05, 0.1) is 6.42 Å². The van der Waals surface area contributed by atoms with Crippen LogP contribution in [0.3, 0.4) is 0 Å². The van der Waals surface area contributed by atoms with Crippen LogP contribution in [0.25, 0.3) is 0 Å². The van der Waals surface area contributed by atoms with Crippen molar-refractivity contribution >= 4 is 5.97 Å². The Labute approximate surface area is 97.3 Å². The lowest BCUT2D eigenvalue weighted by Crippen LogP contribution is -2.06. The molecule has 1 rings (SSSR count). The normalized spacial score (nSPS) is 10.4. The van der Waals surface area contributed by atoms with E-state index in [2.05, 4.69) is 13.0 Å². The predicted octanol–water partition coefficient (Wildman–Crippen LogP) is 3.27. The van der Waals surface area contributed by atoms with E-state index >= 15 is 0 Å². The molecule has 0 atom stereocenters. The first-order valence-corrected chi connectivity index (χ1v) is 5.86. The lowest BCUT2D eigenvalue weighted by Gasteiger charge is -2.12. The van der Waals surface area contributed by atoms with Gasteiger partial charge in [0.1, 0.15) is 0 Å². The number of carboxylic acid groups (broad SMARTS) is 1. The third kappa shape index (κ3) is 3.09. The highest BCUT2D eigenvalue weighted by atomic mass is 16.4. The highest BCUT2D eigenvalue weighted by Crippen LogP contribution is 2.20. The zero-order valence-corrected chi connectivity index (χ0v) is 10.3. The Morgan fingerprint density at radius 2 is 2.00 bits per heavy atom. The van der Waals surface area contributed by atoms with Gasteiger partial charge in [-0.2, -0.15) is 0 Å². The summed E-state index contributed by atoms with van der Waals surface area (Å²) in [5, 5.41) is 8.88. The van der Waals surface area contributed by atoms with Gasteiger partial charge >= 0.3 is 5.97 Å². The Hall–Kier alpha value is -1.31. The van der Waals surface area contributed by atoms with E-state index in [0.29, 0.717) is 0 Å². The van der Waals surface area contributed by atoms with E-state index in [9.17, 15) is 4.79 Å². The predicted molar refractivity (Wildman–Crippen MR) is 65.9 cm³/mol. The van der Waals surface area contributed by atoms with Gasteiger partial charge in [0.2, 0.25) is 0 Å². The van der Waals surface area contributed by atoms with Gasteiger partial charge in [-0.25, -0.2) is 0 Å². The average Bonchev–Trinajstić information content (AvgIpc) is 2.23. The molecular weight excluding hydrogens is 200 g/mol. The zero-order chi connectivity index (χ0) is 12.1. The van der Waals surface area contributed by atoms with Crippen molar-refractivity contribution in [2.75, 3.05) is 0 Å². The Morgan fingerprint density at radius 1 is 1.31 bits per heavy atom. The van der Waals surface area contributed by atoms with Crippen LogP contribution in [0.1, 0.15) is 42.0 Å². The molecule has 88 valence electrons.